The zero-order valence-corrected chi connectivity index (χ0v) is 12.0. The Kier molecular flexibility index (Phi) is 3.36. The first-order valence-electron chi connectivity index (χ1n) is 6.08. The summed E-state index contributed by atoms with van der Waals surface area (Å²) < 4.78 is 19.6. The monoisotopic (exact) mass is 325 g/mol. The molecular weight excluding hydrogens is 313 g/mol. The van der Waals surface area contributed by atoms with Gasteiger partial charge in [-0.25, -0.2) is 4.39 Å². The molecule has 6 heteroatoms. The molecule has 0 unspecified atom stereocenters. The van der Waals surface area contributed by atoms with Gasteiger partial charge in [0.1, 0.15) is 5.82 Å². The maximum atomic E-state index is 13.7. The molecule has 1 fully saturated rings. The molecular formula is C13H13BrFN3O. The third kappa shape index (κ3) is 2.69. The zero-order chi connectivity index (χ0) is 13.4. The number of nitrogens with zero attached hydrogens (tertiary/aromatic N) is 3. The lowest BCUT2D eigenvalue weighted by Gasteiger charge is -2.37. The minimum atomic E-state index is -0.175. The Labute approximate surface area is 118 Å². The van der Waals surface area contributed by atoms with Gasteiger partial charge in [-0.15, -0.1) is 0 Å². The highest BCUT2D eigenvalue weighted by Crippen LogP contribution is 2.28. The maximum Gasteiger partial charge on any atom is 0.232 e. The largest absolute Gasteiger partial charge is 0.339 e. The molecule has 0 amide bonds. The van der Waals surface area contributed by atoms with Crippen molar-refractivity contribution in [3.05, 3.63) is 45.8 Å². The van der Waals surface area contributed by atoms with Crippen LogP contribution >= 0.6 is 15.9 Å². The van der Waals surface area contributed by atoms with Gasteiger partial charge in [0, 0.05) is 29.7 Å². The fraction of sp³-hybridized carbons (Fsp3) is 0.385. The molecule has 1 aromatic heterocycles. The second kappa shape index (κ2) is 5.02. The van der Waals surface area contributed by atoms with E-state index in [9.17, 15) is 4.39 Å². The Morgan fingerprint density at radius 2 is 2.26 bits per heavy atom. The first-order chi connectivity index (χ1) is 9.11. The van der Waals surface area contributed by atoms with Crippen molar-refractivity contribution in [2.45, 2.75) is 19.4 Å². The van der Waals surface area contributed by atoms with E-state index in [0.29, 0.717) is 23.8 Å². The first kappa shape index (κ1) is 12.7. The second-order valence-corrected chi connectivity index (χ2v) is 5.72. The van der Waals surface area contributed by atoms with Crippen LogP contribution in [0, 0.1) is 12.7 Å². The van der Waals surface area contributed by atoms with Crippen LogP contribution in [0.15, 0.2) is 27.2 Å². The minimum absolute atomic E-state index is 0.175. The van der Waals surface area contributed by atoms with Gasteiger partial charge in [0.2, 0.25) is 5.89 Å². The molecule has 0 radical (unpaired) electrons. The Morgan fingerprint density at radius 1 is 1.47 bits per heavy atom. The van der Waals surface area contributed by atoms with Gasteiger partial charge in [0.25, 0.3) is 0 Å². The van der Waals surface area contributed by atoms with E-state index >= 15 is 0 Å². The van der Waals surface area contributed by atoms with Crippen LogP contribution in [-0.2, 0) is 6.54 Å². The van der Waals surface area contributed by atoms with E-state index < -0.39 is 0 Å². The maximum absolute atomic E-state index is 13.7. The third-order valence-corrected chi connectivity index (χ3v) is 3.75. The van der Waals surface area contributed by atoms with E-state index in [2.05, 4.69) is 31.0 Å². The molecule has 2 aromatic rings. The normalized spacial score (nSPS) is 16.6. The van der Waals surface area contributed by atoms with Crippen molar-refractivity contribution < 1.29 is 8.91 Å². The topological polar surface area (TPSA) is 42.2 Å². The molecule has 0 N–H and O–H groups in total. The summed E-state index contributed by atoms with van der Waals surface area (Å²) in [6.07, 6.45) is 0. The lowest BCUT2D eigenvalue weighted by Crippen LogP contribution is -2.44. The van der Waals surface area contributed by atoms with Crippen LogP contribution in [0.25, 0.3) is 0 Å². The highest BCUT2D eigenvalue weighted by Gasteiger charge is 2.32. The van der Waals surface area contributed by atoms with Crippen LogP contribution in [0.2, 0.25) is 0 Å². The average Bonchev–Trinajstić information content (AvgIpc) is 2.71. The summed E-state index contributed by atoms with van der Waals surface area (Å²) >= 11 is 3.25. The first-order valence-corrected chi connectivity index (χ1v) is 6.87. The average molecular weight is 326 g/mol. The third-order valence-electron chi connectivity index (χ3n) is 3.26. The van der Waals surface area contributed by atoms with Gasteiger partial charge in [0.15, 0.2) is 5.82 Å². The minimum Gasteiger partial charge on any atom is -0.339 e. The van der Waals surface area contributed by atoms with Crippen molar-refractivity contribution in [2.24, 2.45) is 0 Å². The summed E-state index contributed by atoms with van der Waals surface area (Å²) in [7, 11) is 0. The van der Waals surface area contributed by atoms with Crippen molar-refractivity contribution >= 4 is 15.9 Å². The Balaban J connectivity index is 1.59. The fourth-order valence-electron chi connectivity index (χ4n) is 2.22. The standard InChI is InChI=1S/C13H13BrFN3O/c1-8-16-13(19-17-8)10-6-18(7-10)5-9-2-3-11(14)4-12(9)15/h2-4,10H,5-7H2,1H3. The van der Waals surface area contributed by atoms with E-state index in [1.165, 1.54) is 6.07 Å². The summed E-state index contributed by atoms with van der Waals surface area (Å²) in [4.78, 5) is 6.38. The van der Waals surface area contributed by atoms with Crippen LogP contribution in [-0.4, -0.2) is 28.1 Å². The SMILES string of the molecule is Cc1noc(C2CN(Cc3ccc(Br)cc3F)C2)n1. The molecule has 2 heterocycles. The molecule has 0 aliphatic carbocycles. The molecule has 3 rings (SSSR count). The van der Waals surface area contributed by atoms with E-state index in [-0.39, 0.29) is 11.7 Å². The summed E-state index contributed by atoms with van der Waals surface area (Å²) in [6, 6.07) is 5.16. The number of hydrogen-bond acceptors (Lipinski definition) is 4. The quantitative estimate of drug-likeness (QED) is 0.870. The summed E-state index contributed by atoms with van der Waals surface area (Å²) in [5.41, 5.74) is 0.711. The van der Waals surface area contributed by atoms with Crippen molar-refractivity contribution in [3.8, 4) is 0 Å². The van der Waals surface area contributed by atoms with Crippen LogP contribution in [0.4, 0.5) is 4.39 Å². The number of likely N-dealkylation sites (tertiary alicyclic amines) is 1. The van der Waals surface area contributed by atoms with Crippen LogP contribution in [0.3, 0.4) is 0 Å². The molecule has 1 aliphatic rings. The lowest BCUT2D eigenvalue weighted by molar-refractivity contribution is 0.116. The molecule has 0 saturated carbocycles. The Morgan fingerprint density at radius 3 is 2.89 bits per heavy atom. The van der Waals surface area contributed by atoms with Crippen LogP contribution < -0.4 is 0 Å². The summed E-state index contributed by atoms with van der Waals surface area (Å²) in [5, 5.41) is 3.78. The van der Waals surface area contributed by atoms with Crippen LogP contribution in [0.1, 0.15) is 23.2 Å². The second-order valence-electron chi connectivity index (χ2n) is 4.81. The summed E-state index contributed by atoms with van der Waals surface area (Å²) in [5.74, 6) is 1.45. The number of halogens is 2. The molecule has 0 spiro atoms. The zero-order valence-electron chi connectivity index (χ0n) is 10.4. The molecule has 100 valence electrons. The van der Waals surface area contributed by atoms with Crippen LogP contribution in [0.5, 0.6) is 0 Å². The number of aromatic nitrogens is 2. The molecule has 0 atom stereocenters. The van der Waals surface area contributed by atoms with Crippen molar-refractivity contribution in [3.63, 3.8) is 0 Å². The van der Waals surface area contributed by atoms with Gasteiger partial charge in [-0.2, -0.15) is 4.98 Å². The Hall–Kier alpha value is -1.27. The highest BCUT2D eigenvalue weighted by molar-refractivity contribution is 9.10. The van der Waals surface area contributed by atoms with Gasteiger partial charge in [0.05, 0.1) is 5.92 Å². The van der Waals surface area contributed by atoms with Crippen molar-refractivity contribution in [1.29, 1.82) is 0 Å². The number of rotatable bonds is 3. The number of benzene rings is 1. The predicted octanol–water partition coefficient (Wildman–Crippen LogP) is 2.88. The summed E-state index contributed by atoms with van der Waals surface area (Å²) in [6.45, 7) is 4.08. The number of hydrogen-bond donors (Lipinski definition) is 0. The van der Waals surface area contributed by atoms with E-state index in [1.807, 2.05) is 12.1 Å². The van der Waals surface area contributed by atoms with Gasteiger partial charge < -0.3 is 4.52 Å². The van der Waals surface area contributed by atoms with E-state index in [4.69, 9.17) is 4.52 Å². The number of aryl methyl sites for hydroxylation is 1. The van der Waals surface area contributed by atoms with E-state index in [1.54, 1.807) is 6.92 Å². The van der Waals surface area contributed by atoms with Gasteiger partial charge in [-0.3, -0.25) is 4.90 Å². The highest BCUT2D eigenvalue weighted by atomic mass is 79.9. The fourth-order valence-corrected chi connectivity index (χ4v) is 2.56. The van der Waals surface area contributed by atoms with Crippen molar-refractivity contribution in [2.75, 3.05) is 13.1 Å². The molecule has 19 heavy (non-hydrogen) atoms. The van der Waals surface area contributed by atoms with Gasteiger partial charge in [-0.05, 0) is 19.1 Å². The molecule has 4 nitrogen and oxygen atoms in total. The molecule has 0 bridgehead atoms. The smallest absolute Gasteiger partial charge is 0.232 e. The molecule has 1 aliphatic heterocycles. The molecule has 1 saturated heterocycles. The lowest BCUT2D eigenvalue weighted by atomic mass is 9.99. The molecule has 1 aromatic carbocycles. The van der Waals surface area contributed by atoms with Crippen molar-refractivity contribution in [1.82, 2.24) is 15.0 Å². The predicted molar refractivity (Wildman–Crippen MR) is 71.2 cm³/mol. The Bertz CT molecular complexity index is 595. The van der Waals surface area contributed by atoms with Gasteiger partial charge >= 0.3 is 0 Å². The van der Waals surface area contributed by atoms with E-state index in [0.717, 1.165) is 17.6 Å². The van der Waals surface area contributed by atoms with Gasteiger partial charge in [-0.1, -0.05) is 27.2 Å².